The Kier molecular flexibility index (Phi) is 7.20. The molecule has 1 aliphatic rings. The molecule has 1 fully saturated rings. The highest BCUT2D eigenvalue weighted by molar-refractivity contribution is 4.78. The van der Waals surface area contributed by atoms with E-state index in [0.717, 1.165) is 18.9 Å². The Balaban J connectivity index is 2.19. The van der Waals surface area contributed by atoms with E-state index in [0.29, 0.717) is 0 Å². The lowest BCUT2D eigenvalue weighted by molar-refractivity contribution is 0.155. The highest BCUT2D eigenvalue weighted by Crippen LogP contribution is 2.23. The molecule has 1 unspecified atom stereocenters. The molecule has 0 aromatic carbocycles. The second-order valence-corrected chi connectivity index (χ2v) is 6.19. The zero-order valence-electron chi connectivity index (χ0n) is 12.3. The first-order valence-corrected chi connectivity index (χ1v) is 7.73. The molecule has 0 aromatic rings. The third-order valence-electron chi connectivity index (χ3n) is 4.30. The summed E-state index contributed by atoms with van der Waals surface area (Å²) in [5.74, 6) is 0. The third-order valence-corrected chi connectivity index (χ3v) is 4.30. The van der Waals surface area contributed by atoms with Crippen LogP contribution in [-0.2, 0) is 0 Å². The molecule has 1 saturated carbocycles. The predicted octanol–water partition coefficient (Wildman–Crippen LogP) is 2.52. The minimum Gasteiger partial charge on any atom is -0.394 e. The molecular weight excluding hydrogens is 224 g/mol. The molecule has 3 N–H and O–H groups in total. The summed E-state index contributed by atoms with van der Waals surface area (Å²) in [6.07, 6.45) is 10.3. The van der Waals surface area contributed by atoms with Crippen LogP contribution in [0.15, 0.2) is 0 Å². The van der Waals surface area contributed by atoms with Crippen LogP contribution < -0.4 is 5.73 Å². The van der Waals surface area contributed by atoms with Crippen LogP contribution in [0.3, 0.4) is 0 Å². The van der Waals surface area contributed by atoms with E-state index in [2.05, 4.69) is 11.8 Å². The van der Waals surface area contributed by atoms with Crippen molar-refractivity contribution in [1.29, 1.82) is 0 Å². The van der Waals surface area contributed by atoms with E-state index in [4.69, 9.17) is 10.8 Å². The third kappa shape index (κ3) is 5.68. The molecule has 0 aromatic heterocycles. The van der Waals surface area contributed by atoms with Crippen molar-refractivity contribution in [3.8, 4) is 0 Å². The summed E-state index contributed by atoms with van der Waals surface area (Å²) in [4.78, 5) is 2.64. The number of hydrogen-bond acceptors (Lipinski definition) is 3. The molecule has 0 amide bonds. The number of unbranched alkanes of at least 4 members (excludes halogenated alkanes) is 1. The second-order valence-electron chi connectivity index (χ2n) is 6.19. The number of nitrogens with two attached hydrogens (primary N) is 1. The van der Waals surface area contributed by atoms with Gasteiger partial charge in [0, 0.05) is 11.6 Å². The quantitative estimate of drug-likeness (QED) is 0.656. The van der Waals surface area contributed by atoms with Crippen LogP contribution in [0.1, 0.15) is 65.2 Å². The maximum absolute atomic E-state index is 9.12. The first-order valence-electron chi connectivity index (χ1n) is 7.73. The highest BCUT2D eigenvalue weighted by atomic mass is 16.3. The monoisotopic (exact) mass is 256 g/mol. The van der Waals surface area contributed by atoms with Crippen molar-refractivity contribution in [3.63, 3.8) is 0 Å². The Morgan fingerprint density at radius 2 is 1.89 bits per heavy atom. The molecule has 1 atom stereocenters. The second kappa shape index (κ2) is 8.13. The molecule has 0 bridgehead atoms. The molecule has 108 valence electrons. The van der Waals surface area contributed by atoms with Crippen molar-refractivity contribution in [1.82, 2.24) is 4.90 Å². The van der Waals surface area contributed by atoms with Crippen molar-refractivity contribution in [2.75, 3.05) is 19.7 Å². The number of hydrogen-bond donors (Lipinski definition) is 2. The molecule has 1 aliphatic carbocycles. The average molecular weight is 256 g/mol. The van der Waals surface area contributed by atoms with Crippen LogP contribution >= 0.6 is 0 Å². The van der Waals surface area contributed by atoms with Crippen molar-refractivity contribution in [2.24, 2.45) is 5.73 Å². The Bertz CT molecular complexity index is 213. The van der Waals surface area contributed by atoms with E-state index in [-0.39, 0.29) is 12.1 Å². The van der Waals surface area contributed by atoms with Gasteiger partial charge in [-0.15, -0.1) is 0 Å². The summed E-state index contributed by atoms with van der Waals surface area (Å²) in [6.45, 7) is 6.67. The number of nitrogens with zero attached hydrogens (tertiary/aromatic N) is 1. The maximum atomic E-state index is 9.12. The first-order chi connectivity index (χ1) is 8.59. The van der Waals surface area contributed by atoms with Gasteiger partial charge in [0.25, 0.3) is 0 Å². The van der Waals surface area contributed by atoms with Gasteiger partial charge in [-0.3, -0.25) is 0 Å². The van der Waals surface area contributed by atoms with E-state index in [1.54, 1.807) is 0 Å². The predicted molar refractivity (Wildman–Crippen MR) is 77.6 cm³/mol. The van der Waals surface area contributed by atoms with Gasteiger partial charge in [0.05, 0.1) is 6.61 Å². The van der Waals surface area contributed by atoms with Gasteiger partial charge >= 0.3 is 0 Å². The van der Waals surface area contributed by atoms with E-state index in [1.165, 1.54) is 51.6 Å². The van der Waals surface area contributed by atoms with Gasteiger partial charge in [0.1, 0.15) is 0 Å². The summed E-state index contributed by atoms with van der Waals surface area (Å²) in [5, 5.41) is 9.12. The fraction of sp³-hybridized carbons (Fsp3) is 1.00. The summed E-state index contributed by atoms with van der Waals surface area (Å²) in [5.41, 5.74) is 5.56. The van der Waals surface area contributed by atoms with Gasteiger partial charge in [0.15, 0.2) is 0 Å². The lowest BCUT2D eigenvalue weighted by atomic mass is 9.93. The summed E-state index contributed by atoms with van der Waals surface area (Å²) < 4.78 is 0. The number of rotatable bonds is 8. The molecule has 0 spiro atoms. The van der Waals surface area contributed by atoms with Crippen molar-refractivity contribution in [3.05, 3.63) is 0 Å². The average Bonchev–Trinajstić information content (AvgIpc) is 2.40. The Labute approximate surface area is 113 Å². The molecule has 18 heavy (non-hydrogen) atoms. The van der Waals surface area contributed by atoms with Crippen LogP contribution in [0.2, 0.25) is 0 Å². The molecule has 1 rings (SSSR count). The van der Waals surface area contributed by atoms with Crippen molar-refractivity contribution < 1.29 is 5.11 Å². The molecule has 0 heterocycles. The fourth-order valence-electron chi connectivity index (χ4n) is 2.97. The van der Waals surface area contributed by atoms with E-state index in [1.807, 2.05) is 6.92 Å². The molecule has 0 saturated heterocycles. The number of aliphatic hydroxyl groups excluding tert-OH is 1. The Morgan fingerprint density at radius 1 is 1.22 bits per heavy atom. The van der Waals surface area contributed by atoms with Crippen LogP contribution in [0.5, 0.6) is 0 Å². The van der Waals surface area contributed by atoms with Gasteiger partial charge < -0.3 is 15.7 Å². The van der Waals surface area contributed by atoms with Gasteiger partial charge in [0.2, 0.25) is 0 Å². The van der Waals surface area contributed by atoms with Crippen LogP contribution in [0.25, 0.3) is 0 Å². The molecule has 3 nitrogen and oxygen atoms in total. The van der Waals surface area contributed by atoms with E-state index in [9.17, 15) is 0 Å². The zero-order valence-corrected chi connectivity index (χ0v) is 12.3. The highest BCUT2D eigenvalue weighted by Gasteiger charge is 2.20. The minimum absolute atomic E-state index is 0.0904. The summed E-state index contributed by atoms with van der Waals surface area (Å²) >= 11 is 0. The first kappa shape index (κ1) is 15.9. The van der Waals surface area contributed by atoms with Crippen LogP contribution in [0, 0.1) is 0 Å². The largest absolute Gasteiger partial charge is 0.394 e. The van der Waals surface area contributed by atoms with Gasteiger partial charge in [-0.1, -0.05) is 32.6 Å². The Morgan fingerprint density at radius 3 is 2.44 bits per heavy atom. The summed E-state index contributed by atoms with van der Waals surface area (Å²) in [7, 11) is 0. The molecule has 3 heteroatoms. The zero-order chi connectivity index (χ0) is 13.4. The lowest BCUT2D eigenvalue weighted by Gasteiger charge is -2.33. The van der Waals surface area contributed by atoms with Gasteiger partial charge in [-0.05, 0) is 45.7 Å². The lowest BCUT2D eigenvalue weighted by Crippen LogP contribution is -2.40. The summed E-state index contributed by atoms with van der Waals surface area (Å²) in [6, 6.07) is 0.825. The minimum atomic E-state index is -0.387. The smallest absolute Gasteiger partial charge is 0.0608 e. The SMILES string of the molecule is CCN(CCCCC(C)(N)CO)C1CCCCC1. The standard InChI is InChI=1S/C15H32N2O/c1-3-17(14-9-5-4-6-10-14)12-8-7-11-15(2,16)13-18/h14,18H,3-13,16H2,1-2H3. The van der Waals surface area contributed by atoms with Crippen molar-refractivity contribution >= 4 is 0 Å². The molecule has 0 aliphatic heterocycles. The molecule has 0 radical (unpaired) electrons. The fourth-order valence-corrected chi connectivity index (χ4v) is 2.97. The normalized spacial score (nSPS) is 21.2. The topological polar surface area (TPSA) is 49.5 Å². The van der Waals surface area contributed by atoms with Crippen LogP contribution in [-0.4, -0.2) is 41.3 Å². The Hall–Kier alpha value is -0.120. The van der Waals surface area contributed by atoms with E-state index >= 15 is 0 Å². The van der Waals surface area contributed by atoms with Crippen LogP contribution in [0.4, 0.5) is 0 Å². The molecular formula is C15H32N2O. The number of aliphatic hydroxyl groups is 1. The van der Waals surface area contributed by atoms with E-state index < -0.39 is 0 Å². The van der Waals surface area contributed by atoms with Gasteiger partial charge in [-0.25, -0.2) is 0 Å². The van der Waals surface area contributed by atoms with Crippen molar-refractivity contribution in [2.45, 2.75) is 76.8 Å². The van der Waals surface area contributed by atoms with Gasteiger partial charge in [-0.2, -0.15) is 0 Å². The maximum Gasteiger partial charge on any atom is 0.0608 e.